The van der Waals surface area contributed by atoms with Gasteiger partial charge in [-0.3, -0.25) is 14.3 Å². The number of aromatic nitrogens is 4. The molecular weight excluding hydrogens is 364 g/mol. The van der Waals surface area contributed by atoms with E-state index in [0.29, 0.717) is 11.4 Å². The van der Waals surface area contributed by atoms with Gasteiger partial charge >= 0.3 is 5.69 Å². The van der Waals surface area contributed by atoms with Crippen LogP contribution in [0, 0.1) is 0 Å². The summed E-state index contributed by atoms with van der Waals surface area (Å²) in [6.07, 6.45) is 7.47. The zero-order chi connectivity index (χ0) is 20.2. The summed E-state index contributed by atoms with van der Waals surface area (Å²) in [4.78, 5) is 35.5. The number of hydrogen-bond donors (Lipinski definition) is 1. The van der Waals surface area contributed by atoms with E-state index in [0.717, 1.165) is 11.1 Å². The first kappa shape index (κ1) is 18.3. The molecule has 0 saturated heterocycles. The monoisotopic (exact) mass is 382 g/mol. The number of fused-ring (bicyclic) bond motifs is 1. The highest BCUT2D eigenvalue weighted by Crippen LogP contribution is 2.16. The SMILES string of the molecule is Cn1c(=O)[nH]c(=O)c2nc(/C=C/c3ccccc3)c(/C=C/c3ccccc3)nc21. The first-order chi connectivity index (χ1) is 14.1. The Morgan fingerprint density at radius 3 is 1.83 bits per heavy atom. The standard InChI is InChI=1S/C23H18N4O2/c1-27-21-20(22(28)26-23(27)29)24-18(14-12-16-8-4-2-5-9-16)19(25-21)15-13-17-10-6-3-7-11-17/h2-15H,1H3,(H,26,28,29)/b14-12+,15-13+. The summed E-state index contributed by atoms with van der Waals surface area (Å²) < 4.78 is 1.29. The molecule has 0 spiro atoms. The first-order valence-corrected chi connectivity index (χ1v) is 9.09. The Balaban J connectivity index is 1.89. The van der Waals surface area contributed by atoms with E-state index >= 15 is 0 Å². The molecule has 0 fully saturated rings. The number of hydrogen-bond acceptors (Lipinski definition) is 4. The maximum atomic E-state index is 12.3. The van der Waals surface area contributed by atoms with Crippen LogP contribution < -0.4 is 11.2 Å². The Bertz CT molecular complexity index is 1330. The molecule has 0 radical (unpaired) electrons. The molecule has 4 aromatic rings. The highest BCUT2D eigenvalue weighted by atomic mass is 16.2. The summed E-state index contributed by atoms with van der Waals surface area (Å²) in [5, 5.41) is 0. The zero-order valence-corrected chi connectivity index (χ0v) is 15.7. The molecule has 0 amide bonds. The van der Waals surface area contributed by atoms with Crippen LogP contribution in [0.2, 0.25) is 0 Å². The minimum atomic E-state index is -0.552. The Kier molecular flexibility index (Phi) is 4.99. The van der Waals surface area contributed by atoms with Gasteiger partial charge in [-0.25, -0.2) is 14.8 Å². The fourth-order valence-corrected chi connectivity index (χ4v) is 2.90. The van der Waals surface area contributed by atoms with Gasteiger partial charge in [0.2, 0.25) is 0 Å². The average Bonchev–Trinajstić information content (AvgIpc) is 2.76. The molecule has 4 rings (SSSR count). The molecule has 0 aliphatic heterocycles. The van der Waals surface area contributed by atoms with E-state index in [4.69, 9.17) is 0 Å². The van der Waals surface area contributed by atoms with Crippen LogP contribution in [-0.4, -0.2) is 19.5 Å². The van der Waals surface area contributed by atoms with Crippen LogP contribution >= 0.6 is 0 Å². The van der Waals surface area contributed by atoms with Crippen LogP contribution in [0.1, 0.15) is 22.5 Å². The van der Waals surface area contributed by atoms with Crippen LogP contribution in [0.3, 0.4) is 0 Å². The van der Waals surface area contributed by atoms with Crippen molar-refractivity contribution < 1.29 is 0 Å². The van der Waals surface area contributed by atoms with Crippen molar-refractivity contribution >= 4 is 35.5 Å². The van der Waals surface area contributed by atoms with Crippen molar-refractivity contribution in [1.29, 1.82) is 0 Å². The van der Waals surface area contributed by atoms with Crippen molar-refractivity contribution in [3.8, 4) is 0 Å². The van der Waals surface area contributed by atoms with Gasteiger partial charge in [-0.1, -0.05) is 72.8 Å². The third-order valence-corrected chi connectivity index (χ3v) is 4.46. The van der Waals surface area contributed by atoms with Gasteiger partial charge in [0.05, 0.1) is 11.4 Å². The van der Waals surface area contributed by atoms with Gasteiger partial charge in [0.25, 0.3) is 5.56 Å². The van der Waals surface area contributed by atoms with Crippen molar-refractivity contribution in [3.63, 3.8) is 0 Å². The average molecular weight is 382 g/mol. The third kappa shape index (κ3) is 3.96. The first-order valence-electron chi connectivity index (χ1n) is 9.09. The quantitative estimate of drug-likeness (QED) is 0.587. The highest BCUT2D eigenvalue weighted by molar-refractivity contribution is 5.81. The van der Waals surface area contributed by atoms with Crippen LogP contribution in [0.25, 0.3) is 35.5 Å². The molecule has 6 nitrogen and oxygen atoms in total. The van der Waals surface area contributed by atoms with E-state index in [1.54, 1.807) is 7.05 Å². The van der Waals surface area contributed by atoms with Crippen LogP contribution in [-0.2, 0) is 7.05 Å². The number of aryl methyl sites for hydroxylation is 1. The van der Waals surface area contributed by atoms with E-state index < -0.39 is 11.2 Å². The smallest absolute Gasteiger partial charge is 0.279 e. The van der Waals surface area contributed by atoms with Gasteiger partial charge < -0.3 is 0 Å². The lowest BCUT2D eigenvalue weighted by Gasteiger charge is -2.06. The van der Waals surface area contributed by atoms with Crippen molar-refractivity contribution in [3.05, 3.63) is 104 Å². The van der Waals surface area contributed by atoms with Gasteiger partial charge in [0.1, 0.15) is 0 Å². The number of H-pyrrole nitrogens is 1. The van der Waals surface area contributed by atoms with Gasteiger partial charge in [-0.05, 0) is 23.3 Å². The number of nitrogens with one attached hydrogen (secondary N) is 1. The maximum absolute atomic E-state index is 12.3. The summed E-state index contributed by atoms with van der Waals surface area (Å²) in [7, 11) is 1.56. The molecule has 0 atom stereocenters. The lowest BCUT2D eigenvalue weighted by Crippen LogP contribution is -2.30. The molecular formula is C23H18N4O2. The van der Waals surface area contributed by atoms with Crippen molar-refractivity contribution in [2.75, 3.05) is 0 Å². The molecule has 2 aromatic carbocycles. The van der Waals surface area contributed by atoms with Gasteiger partial charge in [-0.2, -0.15) is 0 Å². The van der Waals surface area contributed by atoms with Crippen molar-refractivity contribution in [1.82, 2.24) is 19.5 Å². The number of nitrogens with zero attached hydrogens (tertiary/aromatic N) is 3. The zero-order valence-electron chi connectivity index (χ0n) is 15.7. The number of benzene rings is 2. The van der Waals surface area contributed by atoms with Gasteiger partial charge in [-0.15, -0.1) is 0 Å². The molecule has 0 bridgehead atoms. The lowest BCUT2D eigenvalue weighted by molar-refractivity contribution is 0.822. The van der Waals surface area contributed by atoms with Crippen molar-refractivity contribution in [2.45, 2.75) is 0 Å². The molecule has 29 heavy (non-hydrogen) atoms. The van der Waals surface area contributed by atoms with E-state index in [2.05, 4.69) is 15.0 Å². The minimum Gasteiger partial charge on any atom is -0.279 e. The van der Waals surface area contributed by atoms with Crippen molar-refractivity contribution in [2.24, 2.45) is 7.05 Å². The molecule has 6 heteroatoms. The normalized spacial score (nSPS) is 11.6. The van der Waals surface area contributed by atoms with E-state index in [9.17, 15) is 9.59 Å². The topological polar surface area (TPSA) is 80.6 Å². The fourth-order valence-electron chi connectivity index (χ4n) is 2.90. The summed E-state index contributed by atoms with van der Waals surface area (Å²) in [6, 6.07) is 19.6. The van der Waals surface area contributed by atoms with E-state index in [1.165, 1.54) is 4.57 Å². The maximum Gasteiger partial charge on any atom is 0.329 e. The summed E-state index contributed by atoms with van der Waals surface area (Å²) in [5.41, 5.74) is 2.40. The third-order valence-electron chi connectivity index (χ3n) is 4.46. The van der Waals surface area contributed by atoms with Crippen LogP contribution in [0.4, 0.5) is 0 Å². The fraction of sp³-hybridized carbons (Fsp3) is 0.0435. The van der Waals surface area contributed by atoms with Crippen LogP contribution in [0.15, 0.2) is 70.3 Å². The predicted molar refractivity (Wildman–Crippen MR) is 116 cm³/mol. The number of aromatic amines is 1. The number of rotatable bonds is 4. The highest BCUT2D eigenvalue weighted by Gasteiger charge is 2.11. The molecule has 0 saturated carbocycles. The lowest BCUT2D eigenvalue weighted by atomic mass is 10.1. The van der Waals surface area contributed by atoms with Gasteiger partial charge in [0, 0.05) is 7.05 Å². The molecule has 0 unspecified atom stereocenters. The molecule has 2 aromatic heterocycles. The second kappa shape index (κ2) is 7.90. The minimum absolute atomic E-state index is 0.122. The molecule has 142 valence electrons. The molecule has 2 heterocycles. The largest absolute Gasteiger partial charge is 0.329 e. The summed E-state index contributed by atoms with van der Waals surface area (Å²) >= 11 is 0. The second-order valence-electron chi connectivity index (χ2n) is 6.47. The Labute approximate surface area is 166 Å². The Morgan fingerprint density at radius 1 is 0.759 bits per heavy atom. The Morgan fingerprint density at radius 2 is 1.28 bits per heavy atom. The molecule has 1 N–H and O–H groups in total. The van der Waals surface area contributed by atoms with E-state index in [-0.39, 0.29) is 11.2 Å². The summed E-state index contributed by atoms with van der Waals surface area (Å²) in [5.74, 6) is 0. The molecule has 0 aliphatic rings. The second-order valence-corrected chi connectivity index (χ2v) is 6.47. The molecule has 0 aliphatic carbocycles. The van der Waals surface area contributed by atoms with Gasteiger partial charge in [0.15, 0.2) is 11.2 Å². The predicted octanol–water partition coefficient (Wildman–Crippen LogP) is 3.36. The van der Waals surface area contributed by atoms with E-state index in [1.807, 2.05) is 85.0 Å². The Hall–Kier alpha value is -4.06. The summed E-state index contributed by atoms with van der Waals surface area (Å²) in [6.45, 7) is 0. The van der Waals surface area contributed by atoms with Crippen LogP contribution in [0.5, 0.6) is 0 Å².